The second-order valence-electron chi connectivity index (χ2n) is 6.65. The number of ether oxygens (including phenoxy) is 2. The molecule has 0 bridgehead atoms. The normalized spacial score (nSPS) is 13.4. The maximum absolute atomic E-state index is 12.0. The van der Waals surface area contributed by atoms with Gasteiger partial charge in [0.1, 0.15) is 12.6 Å². The van der Waals surface area contributed by atoms with Gasteiger partial charge in [0.15, 0.2) is 0 Å². The molecule has 0 saturated heterocycles. The highest BCUT2D eigenvalue weighted by molar-refractivity contribution is 5.84. The maximum Gasteiger partial charge on any atom is 0.407 e. The van der Waals surface area contributed by atoms with Crippen LogP contribution in [0.25, 0.3) is 0 Å². The summed E-state index contributed by atoms with van der Waals surface area (Å²) in [5.41, 5.74) is 0.796. The van der Waals surface area contributed by atoms with Gasteiger partial charge in [-0.25, -0.2) is 9.59 Å². The molecule has 0 heterocycles. The van der Waals surface area contributed by atoms with Crippen molar-refractivity contribution in [1.82, 2.24) is 10.6 Å². The molecule has 0 aliphatic rings. The molecule has 0 spiro atoms. The van der Waals surface area contributed by atoms with Gasteiger partial charge in [0.05, 0.1) is 25.0 Å². The molecule has 0 saturated carbocycles. The summed E-state index contributed by atoms with van der Waals surface area (Å²) in [6.07, 6.45) is -2.59. The predicted molar refractivity (Wildman–Crippen MR) is 105 cm³/mol. The summed E-state index contributed by atoms with van der Waals surface area (Å²) in [7, 11) is 0. The molecule has 3 atom stereocenters. The number of hydrogen-bond acceptors (Lipinski definition) is 7. The minimum atomic E-state index is -1.31. The molecule has 0 aliphatic carbocycles. The van der Waals surface area contributed by atoms with Crippen LogP contribution in [0.2, 0.25) is 0 Å². The number of aliphatic carboxylic acids is 1. The molecule has 0 fully saturated rings. The van der Waals surface area contributed by atoms with Gasteiger partial charge in [-0.05, 0) is 18.9 Å². The zero-order valence-electron chi connectivity index (χ0n) is 17.0. The monoisotopic (exact) mass is 424 g/mol. The Morgan fingerprint density at radius 2 is 1.77 bits per heavy atom. The van der Waals surface area contributed by atoms with Crippen LogP contribution in [-0.2, 0) is 30.5 Å². The number of carboxylic acid groups (broad SMARTS) is 1. The van der Waals surface area contributed by atoms with Crippen molar-refractivity contribution in [2.24, 2.45) is 5.92 Å². The number of aliphatic hydroxyl groups is 1. The summed E-state index contributed by atoms with van der Waals surface area (Å²) < 4.78 is 9.80. The van der Waals surface area contributed by atoms with E-state index in [-0.39, 0.29) is 26.2 Å². The van der Waals surface area contributed by atoms with Crippen molar-refractivity contribution in [2.45, 2.75) is 45.4 Å². The standard InChI is InChI=1S/C20H28N2O8/c1-3-29-19(27)13(2)9-16(18(25)26)22-17(24)10-15(23)11-21-20(28)30-12-14-7-5-4-6-8-14/h4-8,13,15-16,23H,3,9-12H2,1-2H3,(H,21,28)(H,22,24)(H,25,26)/t13-,15-,16+/m1/s1. The molecule has 0 aliphatic heterocycles. The third-order valence-corrected chi connectivity index (χ3v) is 4.03. The Balaban J connectivity index is 2.37. The second kappa shape index (κ2) is 13.2. The topological polar surface area (TPSA) is 151 Å². The Hall–Kier alpha value is -3.14. The second-order valence-corrected chi connectivity index (χ2v) is 6.65. The zero-order chi connectivity index (χ0) is 22.5. The molecule has 30 heavy (non-hydrogen) atoms. The third kappa shape index (κ3) is 9.87. The number of carbonyl (C=O) groups is 4. The molecule has 166 valence electrons. The van der Waals surface area contributed by atoms with Crippen LogP contribution in [0, 0.1) is 5.92 Å². The zero-order valence-corrected chi connectivity index (χ0v) is 17.0. The smallest absolute Gasteiger partial charge is 0.407 e. The van der Waals surface area contributed by atoms with Crippen LogP contribution >= 0.6 is 0 Å². The van der Waals surface area contributed by atoms with E-state index in [1.165, 1.54) is 6.92 Å². The van der Waals surface area contributed by atoms with Gasteiger partial charge in [-0.1, -0.05) is 37.3 Å². The number of aliphatic hydroxyl groups excluding tert-OH is 1. The summed E-state index contributed by atoms with van der Waals surface area (Å²) >= 11 is 0. The van der Waals surface area contributed by atoms with Gasteiger partial charge < -0.3 is 30.3 Å². The van der Waals surface area contributed by atoms with Crippen LogP contribution in [0.5, 0.6) is 0 Å². The fourth-order valence-electron chi connectivity index (χ4n) is 2.47. The molecule has 1 aromatic carbocycles. The Kier molecular flexibility index (Phi) is 10.9. The van der Waals surface area contributed by atoms with Crippen LogP contribution in [0.4, 0.5) is 4.79 Å². The predicted octanol–water partition coefficient (Wildman–Crippen LogP) is 0.823. The van der Waals surface area contributed by atoms with Crippen molar-refractivity contribution >= 4 is 23.9 Å². The summed E-state index contributed by atoms with van der Waals surface area (Å²) in [4.78, 5) is 46.6. The first kappa shape index (κ1) is 24.9. The number of nitrogens with one attached hydrogen (secondary N) is 2. The molecule has 0 aromatic heterocycles. The molecule has 10 heteroatoms. The van der Waals surface area contributed by atoms with E-state index in [4.69, 9.17) is 9.47 Å². The average Bonchev–Trinajstić information content (AvgIpc) is 2.70. The summed E-state index contributed by atoms with van der Waals surface area (Å²) in [6.45, 7) is 3.11. The minimum Gasteiger partial charge on any atom is -0.480 e. The lowest BCUT2D eigenvalue weighted by molar-refractivity contribution is -0.149. The molecular weight excluding hydrogens is 396 g/mol. The number of carboxylic acids is 1. The van der Waals surface area contributed by atoms with Crippen LogP contribution in [-0.4, -0.2) is 59.4 Å². The summed E-state index contributed by atoms with van der Waals surface area (Å²) in [6, 6.07) is 7.70. The highest BCUT2D eigenvalue weighted by Gasteiger charge is 2.27. The SMILES string of the molecule is CCOC(=O)[C@H](C)C[C@H](NC(=O)C[C@@H](O)CNC(=O)OCc1ccccc1)C(=O)O. The summed E-state index contributed by atoms with van der Waals surface area (Å²) in [5, 5.41) is 23.7. The Bertz CT molecular complexity index is 710. The Morgan fingerprint density at radius 3 is 2.37 bits per heavy atom. The summed E-state index contributed by atoms with van der Waals surface area (Å²) in [5.74, 6) is -3.32. The first-order valence-corrected chi connectivity index (χ1v) is 9.54. The fourth-order valence-corrected chi connectivity index (χ4v) is 2.47. The van der Waals surface area contributed by atoms with Gasteiger partial charge in [-0.15, -0.1) is 0 Å². The van der Waals surface area contributed by atoms with Crippen LogP contribution < -0.4 is 10.6 Å². The molecule has 1 rings (SSSR count). The number of alkyl carbamates (subject to hydrolysis) is 1. The van der Waals surface area contributed by atoms with Crippen LogP contribution in [0.3, 0.4) is 0 Å². The van der Waals surface area contributed by atoms with Gasteiger partial charge in [-0.3, -0.25) is 9.59 Å². The van der Waals surface area contributed by atoms with E-state index < -0.39 is 48.4 Å². The minimum absolute atomic E-state index is 0.0577. The van der Waals surface area contributed by atoms with Gasteiger partial charge in [0.2, 0.25) is 5.91 Å². The molecule has 0 radical (unpaired) electrons. The lowest BCUT2D eigenvalue weighted by Crippen LogP contribution is -2.44. The molecule has 4 N–H and O–H groups in total. The Labute approximate surface area is 174 Å². The third-order valence-electron chi connectivity index (χ3n) is 4.03. The van der Waals surface area contributed by atoms with E-state index >= 15 is 0 Å². The molecule has 2 amide bonds. The van der Waals surface area contributed by atoms with E-state index in [1.54, 1.807) is 31.2 Å². The number of benzene rings is 1. The van der Waals surface area contributed by atoms with Crippen molar-refractivity contribution in [3.8, 4) is 0 Å². The van der Waals surface area contributed by atoms with Crippen LogP contribution in [0.15, 0.2) is 30.3 Å². The average molecular weight is 424 g/mol. The lowest BCUT2D eigenvalue weighted by Gasteiger charge is -2.19. The maximum atomic E-state index is 12.0. The Morgan fingerprint density at radius 1 is 1.10 bits per heavy atom. The lowest BCUT2D eigenvalue weighted by atomic mass is 10.0. The number of amides is 2. The highest BCUT2D eigenvalue weighted by atomic mass is 16.5. The van der Waals surface area contributed by atoms with Crippen molar-refractivity contribution in [3.05, 3.63) is 35.9 Å². The number of carbonyl (C=O) groups excluding carboxylic acids is 3. The fraction of sp³-hybridized carbons (Fsp3) is 0.500. The first-order chi connectivity index (χ1) is 14.2. The van der Waals surface area contributed by atoms with Crippen LogP contribution in [0.1, 0.15) is 32.3 Å². The van der Waals surface area contributed by atoms with Crippen molar-refractivity contribution in [2.75, 3.05) is 13.2 Å². The van der Waals surface area contributed by atoms with Crippen molar-refractivity contribution < 1.29 is 38.9 Å². The molecule has 10 nitrogen and oxygen atoms in total. The quantitative estimate of drug-likeness (QED) is 0.360. The number of hydrogen-bond donors (Lipinski definition) is 4. The van der Waals surface area contributed by atoms with E-state index in [0.29, 0.717) is 0 Å². The largest absolute Gasteiger partial charge is 0.480 e. The number of rotatable bonds is 12. The van der Waals surface area contributed by atoms with Gasteiger partial charge >= 0.3 is 18.0 Å². The van der Waals surface area contributed by atoms with Crippen molar-refractivity contribution in [1.29, 1.82) is 0 Å². The van der Waals surface area contributed by atoms with E-state index in [1.807, 2.05) is 6.07 Å². The molecule has 1 aromatic rings. The van der Waals surface area contributed by atoms with Gasteiger partial charge in [0.25, 0.3) is 0 Å². The van der Waals surface area contributed by atoms with Crippen molar-refractivity contribution in [3.63, 3.8) is 0 Å². The van der Waals surface area contributed by atoms with E-state index in [2.05, 4.69) is 10.6 Å². The van der Waals surface area contributed by atoms with E-state index in [9.17, 15) is 29.4 Å². The highest BCUT2D eigenvalue weighted by Crippen LogP contribution is 2.09. The first-order valence-electron chi connectivity index (χ1n) is 9.54. The molecular formula is C20H28N2O8. The van der Waals surface area contributed by atoms with E-state index in [0.717, 1.165) is 5.56 Å². The molecule has 0 unspecified atom stereocenters. The number of esters is 1. The van der Waals surface area contributed by atoms with Gasteiger partial charge in [0, 0.05) is 6.54 Å². The van der Waals surface area contributed by atoms with Gasteiger partial charge in [-0.2, -0.15) is 0 Å².